The molecule has 2 aromatic rings. The molecule has 0 amide bonds. The minimum Gasteiger partial charge on any atom is -0.463 e. The highest BCUT2D eigenvalue weighted by molar-refractivity contribution is 6.31. The minimum absolute atomic E-state index is 0.0876. The van der Waals surface area contributed by atoms with Gasteiger partial charge in [0.1, 0.15) is 12.7 Å². The molecule has 0 bridgehead atoms. The molecule has 11 heteroatoms. The monoisotopic (exact) mass is 572 g/mol. The lowest BCUT2D eigenvalue weighted by Crippen LogP contribution is -2.66. The Kier molecular flexibility index (Phi) is 9.93. The molecule has 10 nitrogen and oxygen atoms in total. The summed E-state index contributed by atoms with van der Waals surface area (Å²) < 4.78 is 27.3. The molecule has 0 saturated carbocycles. The zero-order valence-electron chi connectivity index (χ0n) is 22.3. The standard InChI is InChI=1S/C29H29ClO10/c1-6-20-7-9-21(10-8-20)13-22-14-23(11-12-24(22)30)29(35)28(39-19(5)34)27(38-18(4)33)26(37-17(3)32)25(40-29)15-36-16(2)31/h1,7-12,14,25-28,35H,13,15H2,2-5H3/t25-,26-,27+,28-,29-/m1/s1. The van der Waals surface area contributed by atoms with Crippen LogP contribution in [0.4, 0.5) is 0 Å². The molecule has 1 aliphatic rings. The predicted octanol–water partition coefficient (Wildman–Crippen LogP) is 2.81. The van der Waals surface area contributed by atoms with Crippen LogP contribution in [0.5, 0.6) is 0 Å². The number of rotatable bonds is 8. The molecule has 5 atom stereocenters. The van der Waals surface area contributed by atoms with Crippen molar-refractivity contribution in [3.05, 3.63) is 69.7 Å². The molecule has 1 aliphatic heterocycles. The van der Waals surface area contributed by atoms with E-state index >= 15 is 0 Å². The molecule has 0 radical (unpaired) electrons. The second-order valence-corrected chi connectivity index (χ2v) is 9.56. The van der Waals surface area contributed by atoms with E-state index in [1.54, 1.807) is 18.2 Å². The zero-order valence-corrected chi connectivity index (χ0v) is 23.1. The number of carbonyl (C=O) groups is 4. The highest BCUT2D eigenvalue weighted by Crippen LogP contribution is 2.42. The summed E-state index contributed by atoms with van der Waals surface area (Å²) in [5.74, 6) is -3.03. The van der Waals surface area contributed by atoms with Gasteiger partial charge in [-0.25, -0.2) is 0 Å². The van der Waals surface area contributed by atoms with Crippen LogP contribution in [0.3, 0.4) is 0 Å². The molecule has 1 fully saturated rings. The largest absolute Gasteiger partial charge is 0.463 e. The number of esters is 4. The van der Waals surface area contributed by atoms with Crippen molar-refractivity contribution in [2.75, 3.05) is 6.61 Å². The van der Waals surface area contributed by atoms with E-state index in [1.165, 1.54) is 12.1 Å². The first-order chi connectivity index (χ1) is 18.8. The molecule has 212 valence electrons. The fourth-order valence-corrected chi connectivity index (χ4v) is 4.57. The number of hydrogen-bond donors (Lipinski definition) is 1. The van der Waals surface area contributed by atoms with Gasteiger partial charge < -0.3 is 28.8 Å². The number of hydrogen-bond acceptors (Lipinski definition) is 10. The van der Waals surface area contributed by atoms with Gasteiger partial charge >= 0.3 is 23.9 Å². The van der Waals surface area contributed by atoms with Gasteiger partial charge in [-0.05, 0) is 41.8 Å². The Morgan fingerprint density at radius 2 is 1.52 bits per heavy atom. The van der Waals surface area contributed by atoms with Gasteiger partial charge in [-0.15, -0.1) is 6.42 Å². The van der Waals surface area contributed by atoms with Gasteiger partial charge in [-0.2, -0.15) is 0 Å². The number of terminal acetylenes is 1. The van der Waals surface area contributed by atoms with Crippen LogP contribution in [-0.4, -0.2) is 60.0 Å². The average molecular weight is 573 g/mol. The molecule has 1 saturated heterocycles. The number of benzene rings is 2. The normalized spacial score (nSPS) is 23.8. The summed E-state index contributed by atoms with van der Waals surface area (Å²) in [4.78, 5) is 47.8. The highest BCUT2D eigenvalue weighted by atomic mass is 35.5. The first kappa shape index (κ1) is 30.6. The van der Waals surface area contributed by atoms with Crippen molar-refractivity contribution < 1.29 is 48.0 Å². The molecular formula is C29H29ClO10. The molecular weight excluding hydrogens is 544 g/mol. The van der Waals surface area contributed by atoms with Crippen LogP contribution >= 0.6 is 11.6 Å². The summed E-state index contributed by atoms with van der Waals surface area (Å²) >= 11 is 6.48. The van der Waals surface area contributed by atoms with Gasteiger partial charge in [-0.1, -0.05) is 35.7 Å². The summed E-state index contributed by atoms with van der Waals surface area (Å²) in [6.45, 7) is 3.96. The molecule has 40 heavy (non-hydrogen) atoms. The lowest BCUT2D eigenvalue weighted by Gasteiger charge is -2.48. The average Bonchev–Trinajstić information content (AvgIpc) is 2.87. The lowest BCUT2D eigenvalue weighted by atomic mass is 9.86. The molecule has 3 rings (SSSR count). The van der Waals surface area contributed by atoms with E-state index in [9.17, 15) is 24.3 Å². The summed E-state index contributed by atoms with van der Waals surface area (Å²) in [5.41, 5.74) is 2.24. The van der Waals surface area contributed by atoms with Crippen molar-refractivity contribution in [2.24, 2.45) is 0 Å². The number of halogens is 1. The third-order valence-corrected chi connectivity index (χ3v) is 6.40. The first-order valence-electron chi connectivity index (χ1n) is 12.2. The van der Waals surface area contributed by atoms with E-state index in [0.29, 0.717) is 22.6 Å². The third kappa shape index (κ3) is 7.39. The maximum Gasteiger partial charge on any atom is 0.303 e. The summed E-state index contributed by atoms with van der Waals surface area (Å²) in [6.07, 6.45) is -0.207. The molecule has 0 spiro atoms. The van der Waals surface area contributed by atoms with Crippen molar-refractivity contribution in [3.63, 3.8) is 0 Å². The lowest BCUT2D eigenvalue weighted by molar-refractivity contribution is -0.360. The maximum absolute atomic E-state index is 12.2. The van der Waals surface area contributed by atoms with Crippen molar-refractivity contribution in [1.29, 1.82) is 0 Å². The predicted molar refractivity (Wildman–Crippen MR) is 141 cm³/mol. The van der Waals surface area contributed by atoms with Crippen LogP contribution < -0.4 is 0 Å². The Morgan fingerprint density at radius 3 is 2.08 bits per heavy atom. The van der Waals surface area contributed by atoms with Gasteiger partial charge in [0, 0.05) is 43.8 Å². The minimum atomic E-state index is -2.46. The molecule has 2 aromatic carbocycles. The van der Waals surface area contributed by atoms with Crippen LogP contribution in [-0.2, 0) is 55.1 Å². The van der Waals surface area contributed by atoms with Crippen LogP contribution in [0.25, 0.3) is 0 Å². The van der Waals surface area contributed by atoms with Crippen LogP contribution in [0.1, 0.15) is 49.9 Å². The Balaban J connectivity index is 2.13. The quantitative estimate of drug-likeness (QED) is 0.286. The number of aliphatic hydroxyl groups is 1. The molecule has 1 heterocycles. The Hall–Kier alpha value is -3.91. The second kappa shape index (κ2) is 13.0. The SMILES string of the molecule is C#Cc1ccc(Cc2cc([C@@]3(O)O[C@H](COC(C)=O)[C@@H](OC(C)=O)[C@H](OC(C)=O)[C@H]3OC(C)=O)ccc2Cl)cc1. The Bertz CT molecular complexity index is 1320. The van der Waals surface area contributed by atoms with E-state index < -0.39 is 60.7 Å². The van der Waals surface area contributed by atoms with Gasteiger partial charge in [0.2, 0.25) is 11.9 Å². The van der Waals surface area contributed by atoms with E-state index in [0.717, 1.165) is 33.3 Å². The molecule has 0 unspecified atom stereocenters. The van der Waals surface area contributed by atoms with E-state index in [1.807, 2.05) is 12.1 Å². The number of carbonyl (C=O) groups excluding carboxylic acids is 4. The van der Waals surface area contributed by atoms with Crippen LogP contribution in [0, 0.1) is 12.3 Å². The Morgan fingerprint density at radius 1 is 0.925 bits per heavy atom. The fraction of sp³-hybridized carbons (Fsp3) is 0.379. The first-order valence-corrected chi connectivity index (χ1v) is 12.6. The summed E-state index contributed by atoms with van der Waals surface area (Å²) in [6, 6.07) is 11.7. The maximum atomic E-state index is 12.2. The second-order valence-electron chi connectivity index (χ2n) is 9.16. The van der Waals surface area contributed by atoms with E-state index in [-0.39, 0.29) is 5.56 Å². The molecule has 1 N–H and O–H groups in total. The van der Waals surface area contributed by atoms with Gasteiger partial charge in [0.05, 0.1) is 0 Å². The van der Waals surface area contributed by atoms with Gasteiger partial charge in [0.25, 0.3) is 0 Å². The number of ether oxygens (including phenoxy) is 5. The fourth-order valence-electron chi connectivity index (χ4n) is 4.38. The summed E-state index contributed by atoms with van der Waals surface area (Å²) in [5, 5.41) is 12.4. The highest BCUT2D eigenvalue weighted by Gasteiger charge is 2.60. The van der Waals surface area contributed by atoms with Gasteiger partial charge in [0.15, 0.2) is 12.2 Å². The Labute approximate surface area is 236 Å². The van der Waals surface area contributed by atoms with Crippen molar-refractivity contribution in [1.82, 2.24) is 0 Å². The molecule has 0 aliphatic carbocycles. The molecule has 0 aromatic heterocycles. The van der Waals surface area contributed by atoms with Crippen molar-refractivity contribution >= 4 is 35.5 Å². The van der Waals surface area contributed by atoms with E-state index in [4.69, 9.17) is 41.7 Å². The summed E-state index contributed by atoms with van der Waals surface area (Å²) in [7, 11) is 0. The van der Waals surface area contributed by atoms with Crippen LogP contribution in [0.15, 0.2) is 42.5 Å². The van der Waals surface area contributed by atoms with E-state index in [2.05, 4.69) is 5.92 Å². The zero-order chi connectivity index (χ0) is 29.6. The topological polar surface area (TPSA) is 135 Å². The smallest absolute Gasteiger partial charge is 0.303 e. The van der Waals surface area contributed by atoms with Crippen molar-refractivity contribution in [2.45, 2.75) is 64.3 Å². The van der Waals surface area contributed by atoms with Crippen LogP contribution in [0.2, 0.25) is 5.02 Å². The third-order valence-electron chi connectivity index (χ3n) is 6.03. The van der Waals surface area contributed by atoms with Gasteiger partial charge in [-0.3, -0.25) is 19.2 Å². The van der Waals surface area contributed by atoms with Crippen molar-refractivity contribution in [3.8, 4) is 12.3 Å².